The molecule has 0 spiro atoms. The van der Waals surface area contributed by atoms with Crippen molar-refractivity contribution < 1.29 is 0 Å². The summed E-state index contributed by atoms with van der Waals surface area (Å²) < 4.78 is 0. The molecule has 3 rings (SSSR count). The first-order valence-electron chi connectivity index (χ1n) is 8.57. The number of aryl methyl sites for hydroxylation is 1. The second-order valence-electron chi connectivity index (χ2n) is 6.72. The summed E-state index contributed by atoms with van der Waals surface area (Å²) in [4.78, 5) is 7.14. The predicted molar refractivity (Wildman–Crippen MR) is 100 cm³/mol. The van der Waals surface area contributed by atoms with Gasteiger partial charge in [-0.25, -0.2) is 4.98 Å². The summed E-state index contributed by atoms with van der Waals surface area (Å²) >= 11 is 3.55. The molecule has 0 aliphatic carbocycles. The number of hydrogen-bond acceptors (Lipinski definition) is 5. The van der Waals surface area contributed by atoms with Gasteiger partial charge < -0.3 is 5.32 Å². The van der Waals surface area contributed by atoms with Gasteiger partial charge in [-0.2, -0.15) is 11.3 Å². The van der Waals surface area contributed by atoms with Gasteiger partial charge in [0.15, 0.2) is 0 Å². The summed E-state index contributed by atoms with van der Waals surface area (Å²) in [6.07, 6.45) is 3.76. The van der Waals surface area contributed by atoms with Crippen molar-refractivity contribution in [2.45, 2.75) is 45.7 Å². The van der Waals surface area contributed by atoms with Crippen molar-refractivity contribution in [3.8, 4) is 0 Å². The second kappa shape index (κ2) is 8.38. The van der Waals surface area contributed by atoms with Crippen LogP contribution >= 0.6 is 22.7 Å². The third-order valence-corrected chi connectivity index (χ3v) is 6.19. The average Bonchev–Trinajstić information content (AvgIpc) is 3.18. The fourth-order valence-corrected chi connectivity index (χ4v) is 4.55. The van der Waals surface area contributed by atoms with Crippen LogP contribution in [-0.2, 0) is 13.0 Å². The third kappa shape index (κ3) is 5.38. The van der Waals surface area contributed by atoms with E-state index in [1.54, 1.807) is 22.7 Å². The molecule has 5 heteroatoms. The summed E-state index contributed by atoms with van der Waals surface area (Å²) in [5.41, 5.74) is 2.71. The molecule has 0 saturated carbocycles. The topological polar surface area (TPSA) is 28.2 Å². The van der Waals surface area contributed by atoms with E-state index in [4.69, 9.17) is 0 Å². The fourth-order valence-electron chi connectivity index (χ4n) is 3.26. The maximum atomic E-state index is 4.58. The lowest BCUT2D eigenvalue weighted by Gasteiger charge is -2.32. The van der Waals surface area contributed by atoms with E-state index in [9.17, 15) is 0 Å². The Kier molecular flexibility index (Phi) is 6.22. The molecule has 1 aliphatic rings. The minimum Gasteiger partial charge on any atom is -0.314 e. The molecule has 1 fully saturated rings. The summed E-state index contributed by atoms with van der Waals surface area (Å²) in [5, 5.41) is 11.5. The highest BCUT2D eigenvalue weighted by Gasteiger charge is 2.20. The molecule has 1 aliphatic heterocycles. The van der Waals surface area contributed by atoms with Gasteiger partial charge in [0.1, 0.15) is 0 Å². The normalized spacial score (nSPS) is 18.3. The standard InChI is InChI=1S/C18H27N3S2/c1-14(9-17-5-8-22-12-17)19-10-16-3-6-21(7-4-16)11-18-13-23-15(2)20-18/h5,8,12-14,16,19H,3-4,6-7,9-11H2,1-2H3. The molecule has 23 heavy (non-hydrogen) atoms. The molecular formula is C18H27N3S2. The Hall–Kier alpha value is -0.750. The van der Waals surface area contributed by atoms with E-state index in [0.29, 0.717) is 6.04 Å². The fraction of sp³-hybridized carbons (Fsp3) is 0.611. The maximum absolute atomic E-state index is 4.58. The van der Waals surface area contributed by atoms with Gasteiger partial charge in [0, 0.05) is 18.0 Å². The van der Waals surface area contributed by atoms with Crippen molar-refractivity contribution in [1.82, 2.24) is 15.2 Å². The van der Waals surface area contributed by atoms with E-state index >= 15 is 0 Å². The molecule has 2 aromatic heterocycles. The quantitative estimate of drug-likeness (QED) is 0.820. The summed E-state index contributed by atoms with van der Waals surface area (Å²) in [6.45, 7) is 9.00. The van der Waals surface area contributed by atoms with Gasteiger partial charge in [-0.15, -0.1) is 11.3 Å². The smallest absolute Gasteiger partial charge is 0.0897 e. The molecule has 126 valence electrons. The first kappa shape index (κ1) is 17.1. The SMILES string of the molecule is Cc1nc(CN2CCC(CNC(C)Cc3ccsc3)CC2)cs1. The summed E-state index contributed by atoms with van der Waals surface area (Å²) in [5.74, 6) is 0.827. The zero-order valence-electron chi connectivity index (χ0n) is 14.1. The Morgan fingerprint density at radius 2 is 2.17 bits per heavy atom. The Bertz CT molecular complexity index is 571. The summed E-state index contributed by atoms with van der Waals surface area (Å²) in [7, 11) is 0. The van der Waals surface area contributed by atoms with Crippen LogP contribution in [0.25, 0.3) is 0 Å². The highest BCUT2D eigenvalue weighted by atomic mass is 32.1. The van der Waals surface area contributed by atoms with Crippen LogP contribution in [0, 0.1) is 12.8 Å². The number of thiazole rings is 1. The number of thiophene rings is 1. The highest BCUT2D eigenvalue weighted by Crippen LogP contribution is 2.19. The molecule has 0 amide bonds. The number of rotatable bonds is 7. The van der Waals surface area contributed by atoms with Gasteiger partial charge in [0.25, 0.3) is 0 Å². The van der Waals surface area contributed by atoms with Crippen molar-refractivity contribution in [2.24, 2.45) is 5.92 Å². The number of likely N-dealkylation sites (tertiary alicyclic amines) is 1. The second-order valence-corrected chi connectivity index (χ2v) is 8.56. The van der Waals surface area contributed by atoms with E-state index < -0.39 is 0 Å². The Morgan fingerprint density at radius 3 is 2.83 bits per heavy atom. The predicted octanol–water partition coefficient (Wildman–Crippen LogP) is 3.95. The van der Waals surface area contributed by atoms with Crippen LogP contribution in [0.3, 0.4) is 0 Å². The molecule has 1 unspecified atom stereocenters. The molecule has 0 bridgehead atoms. The lowest BCUT2D eigenvalue weighted by Crippen LogP contribution is -2.39. The Balaban J connectivity index is 1.34. The minimum absolute atomic E-state index is 0.570. The number of aromatic nitrogens is 1. The number of nitrogens with one attached hydrogen (secondary N) is 1. The Labute approximate surface area is 147 Å². The number of nitrogens with zero attached hydrogens (tertiary/aromatic N) is 2. The highest BCUT2D eigenvalue weighted by molar-refractivity contribution is 7.09. The molecule has 1 N–H and O–H groups in total. The van der Waals surface area contributed by atoms with Crippen molar-refractivity contribution in [1.29, 1.82) is 0 Å². The van der Waals surface area contributed by atoms with Gasteiger partial charge in [0.2, 0.25) is 0 Å². The van der Waals surface area contributed by atoms with Crippen molar-refractivity contribution >= 4 is 22.7 Å². The molecule has 1 atom stereocenters. The van der Waals surface area contributed by atoms with Gasteiger partial charge in [0.05, 0.1) is 10.7 Å². The van der Waals surface area contributed by atoms with E-state index in [1.807, 2.05) is 0 Å². The van der Waals surface area contributed by atoms with Gasteiger partial charge >= 0.3 is 0 Å². The Morgan fingerprint density at radius 1 is 1.35 bits per heavy atom. The summed E-state index contributed by atoms with van der Waals surface area (Å²) in [6, 6.07) is 2.81. The number of piperidine rings is 1. The molecule has 3 heterocycles. The largest absolute Gasteiger partial charge is 0.314 e. The van der Waals surface area contributed by atoms with Crippen LogP contribution < -0.4 is 5.32 Å². The molecule has 1 saturated heterocycles. The minimum atomic E-state index is 0.570. The van der Waals surface area contributed by atoms with Crippen LogP contribution in [-0.4, -0.2) is 35.6 Å². The van der Waals surface area contributed by atoms with Gasteiger partial charge in [-0.1, -0.05) is 0 Å². The van der Waals surface area contributed by atoms with Crippen molar-refractivity contribution in [2.75, 3.05) is 19.6 Å². The zero-order chi connectivity index (χ0) is 16.1. The van der Waals surface area contributed by atoms with Crippen LogP contribution in [0.15, 0.2) is 22.2 Å². The van der Waals surface area contributed by atoms with Crippen LogP contribution in [0.1, 0.15) is 36.0 Å². The first-order valence-corrected chi connectivity index (χ1v) is 10.4. The van der Waals surface area contributed by atoms with Crippen molar-refractivity contribution in [3.05, 3.63) is 38.5 Å². The molecule has 0 aromatic carbocycles. The molecule has 3 nitrogen and oxygen atoms in total. The van der Waals surface area contributed by atoms with E-state index in [2.05, 4.69) is 51.3 Å². The molecule has 0 radical (unpaired) electrons. The van der Waals surface area contributed by atoms with E-state index in [1.165, 1.54) is 42.2 Å². The van der Waals surface area contributed by atoms with Gasteiger partial charge in [-0.3, -0.25) is 4.90 Å². The zero-order valence-corrected chi connectivity index (χ0v) is 15.8. The van der Waals surface area contributed by atoms with Gasteiger partial charge in [-0.05, 0) is 81.1 Å². The molecular weight excluding hydrogens is 322 g/mol. The van der Waals surface area contributed by atoms with E-state index in [0.717, 1.165) is 25.4 Å². The maximum Gasteiger partial charge on any atom is 0.0897 e. The lowest BCUT2D eigenvalue weighted by molar-refractivity contribution is 0.172. The van der Waals surface area contributed by atoms with Crippen LogP contribution in [0.4, 0.5) is 0 Å². The average molecular weight is 350 g/mol. The monoisotopic (exact) mass is 349 g/mol. The number of hydrogen-bond donors (Lipinski definition) is 1. The van der Waals surface area contributed by atoms with E-state index in [-0.39, 0.29) is 0 Å². The van der Waals surface area contributed by atoms with Crippen LogP contribution in [0.2, 0.25) is 0 Å². The van der Waals surface area contributed by atoms with Crippen molar-refractivity contribution in [3.63, 3.8) is 0 Å². The first-order chi connectivity index (χ1) is 11.2. The third-order valence-electron chi connectivity index (χ3n) is 4.64. The van der Waals surface area contributed by atoms with Crippen LogP contribution in [0.5, 0.6) is 0 Å². The molecule has 2 aromatic rings. The lowest BCUT2D eigenvalue weighted by atomic mass is 9.96.